The maximum absolute atomic E-state index is 11.9. The second-order valence-corrected chi connectivity index (χ2v) is 5.69. The number of Topliss-reactive ketones (excluding diaryl/α,β-unsaturated/α-hetero) is 1. The van der Waals surface area contributed by atoms with E-state index in [2.05, 4.69) is 15.3 Å². The fraction of sp³-hybridized carbons (Fsp3) is 0.467. The topological polar surface area (TPSA) is 104 Å². The van der Waals surface area contributed by atoms with Gasteiger partial charge in [-0.15, -0.1) is 0 Å². The van der Waals surface area contributed by atoms with Gasteiger partial charge in [0, 0.05) is 29.1 Å². The second-order valence-electron chi connectivity index (χ2n) is 5.69. The maximum Gasteiger partial charge on any atom is 0.407 e. The molecule has 0 spiro atoms. The first kappa shape index (κ1) is 17.5. The summed E-state index contributed by atoms with van der Waals surface area (Å²) in [6, 6.07) is 6.42. The molecule has 0 radical (unpaired) electrons. The molecule has 1 rings (SSSR count). The molecule has 0 aliphatic carbocycles. The molecule has 7 nitrogen and oxygen atoms in total. The molecule has 7 heteroatoms. The van der Waals surface area contributed by atoms with Crippen LogP contribution in [0.5, 0.6) is 0 Å². The Morgan fingerprint density at radius 3 is 2.45 bits per heavy atom. The highest BCUT2D eigenvalue weighted by molar-refractivity contribution is 5.96. The van der Waals surface area contributed by atoms with E-state index >= 15 is 0 Å². The van der Waals surface area contributed by atoms with E-state index in [1.54, 1.807) is 45.0 Å². The summed E-state index contributed by atoms with van der Waals surface area (Å²) in [5, 5.41) is 6.04. The Hall–Kier alpha value is -2.53. The number of azide groups is 1. The molecule has 0 atom stereocenters. The maximum atomic E-state index is 11.9. The molecule has 0 saturated carbocycles. The van der Waals surface area contributed by atoms with E-state index in [0.717, 1.165) is 0 Å². The van der Waals surface area contributed by atoms with E-state index in [4.69, 9.17) is 10.3 Å². The summed E-state index contributed by atoms with van der Waals surface area (Å²) in [5.74, 6) is -0.0292. The van der Waals surface area contributed by atoms with Gasteiger partial charge in [-0.05, 0) is 32.7 Å². The number of rotatable bonds is 6. The molecule has 1 aromatic carbocycles. The lowest BCUT2D eigenvalue weighted by molar-refractivity contribution is 0.0525. The Morgan fingerprint density at radius 2 is 1.91 bits per heavy atom. The Morgan fingerprint density at radius 1 is 1.27 bits per heavy atom. The van der Waals surface area contributed by atoms with Crippen molar-refractivity contribution < 1.29 is 14.3 Å². The number of amides is 1. The van der Waals surface area contributed by atoms with Gasteiger partial charge < -0.3 is 10.1 Å². The van der Waals surface area contributed by atoms with Gasteiger partial charge in [-0.2, -0.15) is 0 Å². The van der Waals surface area contributed by atoms with E-state index in [-0.39, 0.29) is 5.78 Å². The fourth-order valence-corrected chi connectivity index (χ4v) is 1.66. The second kappa shape index (κ2) is 8.05. The van der Waals surface area contributed by atoms with E-state index in [1.807, 2.05) is 0 Å². The third-order valence-corrected chi connectivity index (χ3v) is 2.60. The average molecular weight is 304 g/mol. The molecule has 0 bridgehead atoms. The molecule has 0 heterocycles. The average Bonchev–Trinajstić information content (AvgIpc) is 2.42. The van der Waals surface area contributed by atoms with Crippen molar-refractivity contribution in [3.63, 3.8) is 0 Å². The van der Waals surface area contributed by atoms with Crippen LogP contribution in [0.4, 0.5) is 10.5 Å². The minimum Gasteiger partial charge on any atom is -0.444 e. The molecule has 0 aliphatic heterocycles. The van der Waals surface area contributed by atoms with Crippen molar-refractivity contribution in [3.05, 3.63) is 40.3 Å². The van der Waals surface area contributed by atoms with Gasteiger partial charge in [0.2, 0.25) is 0 Å². The molecule has 1 aromatic rings. The Labute approximate surface area is 129 Å². The SMILES string of the molecule is CC(C)(C)OC(=O)NCCCC(=O)c1ccc(N=[N+]=[N-])cc1. The van der Waals surface area contributed by atoms with Gasteiger partial charge in [0.1, 0.15) is 5.60 Å². The lowest BCUT2D eigenvalue weighted by Gasteiger charge is -2.19. The number of nitrogens with zero attached hydrogens (tertiary/aromatic N) is 3. The normalized spacial score (nSPS) is 10.5. The Bertz CT molecular complexity index is 569. The highest BCUT2D eigenvalue weighted by Gasteiger charge is 2.15. The fourth-order valence-electron chi connectivity index (χ4n) is 1.66. The summed E-state index contributed by atoms with van der Waals surface area (Å²) in [6.45, 7) is 5.74. The largest absolute Gasteiger partial charge is 0.444 e. The zero-order valence-corrected chi connectivity index (χ0v) is 13.0. The van der Waals surface area contributed by atoms with Crippen LogP contribution in [0.15, 0.2) is 29.4 Å². The first-order valence-corrected chi connectivity index (χ1v) is 6.97. The van der Waals surface area contributed by atoms with Crippen LogP contribution >= 0.6 is 0 Å². The van der Waals surface area contributed by atoms with Gasteiger partial charge in [-0.1, -0.05) is 29.4 Å². The van der Waals surface area contributed by atoms with Gasteiger partial charge in [0.15, 0.2) is 5.78 Å². The van der Waals surface area contributed by atoms with Gasteiger partial charge in [0.05, 0.1) is 0 Å². The lowest BCUT2D eigenvalue weighted by Crippen LogP contribution is -2.33. The molecule has 22 heavy (non-hydrogen) atoms. The number of hydrogen-bond donors (Lipinski definition) is 1. The van der Waals surface area contributed by atoms with E-state index in [0.29, 0.717) is 30.6 Å². The number of hydrogen-bond acceptors (Lipinski definition) is 4. The zero-order valence-electron chi connectivity index (χ0n) is 13.0. The number of nitrogens with one attached hydrogen (secondary N) is 1. The molecule has 0 unspecified atom stereocenters. The summed E-state index contributed by atoms with van der Waals surface area (Å²) in [4.78, 5) is 26.0. The predicted octanol–water partition coefficient (Wildman–Crippen LogP) is 4.12. The van der Waals surface area contributed by atoms with Gasteiger partial charge in [-0.3, -0.25) is 4.79 Å². The minimum absolute atomic E-state index is 0.0292. The quantitative estimate of drug-likeness (QED) is 0.281. The van der Waals surface area contributed by atoms with Crippen LogP contribution in [-0.4, -0.2) is 24.0 Å². The van der Waals surface area contributed by atoms with Gasteiger partial charge in [0.25, 0.3) is 0 Å². The number of ketones is 1. The first-order valence-electron chi connectivity index (χ1n) is 6.97. The molecule has 1 amide bonds. The smallest absolute Gasteiger partial charge is 0.407 e. The van der Waals surface area contributed by atoms with Crippen LogP contribution < -0.4 is 5.32 Å². The van der Waals surface area contributed by atoms with Crippen molar-refractivity contribution in [2.24, 2.45) is 5.11 Å². The van der Waals surface area contributed by atoms with Gasteiger partial charge in [-0.25, -0.2) is 4.79 Å². The highest BCUT2D eigenvalue weighted by atomic mass is 16.6. The number of ether oxygens (including phenoxy) is 1. The first-order chi connectivity index (χ1) is 10.3. The molecule has 0 fully saturated rings. The van der Waals surface area contributed by atoms with Crippen LogP contribution in [0, 0.1) is 0 Å². The minimum atomic E-state index is -0.534. The van der Waals surface area contributed by atoms with Gasteiger partial charge >= 0.3 is 6.09 Å². The van der Waals surface area contributed by atoms with Crippen LogP contribution in [0.25, 0.3) is 10.4 Å². The van der Waals surface area contributed by atoms with Crippen molar-refractivity contribution in [2.75, 3.05) is 6.54 Å². The molecular formula is C15H20N4O3. The Kier molecular flexibility index (Phi) is 6.41. The van der Waals surface area contributed by atoms with Crippen molar-refractivity contribution >= 4 is 17.6 Å². The Balaban J connectivity index is 2.34. The number of carbonyl (C=O) groups is 2. The predicted molar refractivity (Wildman–Crippen MR) is 83.0 cm³/mol. The molecular weight excluding hydrogens is 284 g/mol. The molecule has 0 saturated heterocycles. The zero-order chi connectivity index (χ0) is 16.6. The monoisotopic (exact) mass is 304 g/mol. The number of alkyl carbamates (subject to hydrolysis) is 1. The van der Waals surface area contributed by atoms with Crippen molar-refractivity contribution in [3.8, 4) is 0 Å². The highest BCUT2D eigenvalue weighted by Crippen LogP contribution is 2.14. The summed E-state index contributed by atoms with van der Waals surface area (Å²) in [5.41, 5.74) is 8.78. The summed E-state index contributed by atoms with van der Waals surface area (Å²) in [7, 11) is 0. The third kappa shape index (κ3) is 6.76. The standard InChI is InChI=1S/C15H20N4O3/c1-15(2,3)22-14(21)17-10-4-5-13(20)11-6-8-12(9-7-11)18-19-16/h6-9H,4-5,10H2,1-3H3,(H,17,21). The lowest BCUT2D eigenvalue weighted by atomic mass is 10.1. The van der Waals surface area contributed by atoms with E-state index < -0.39 is 11.7 Å². The molecule has 0 aromatic heterocycles. The van der Waals surface area contributed by atoms with Crippen molar-refractivity contribution in [1.29, 1.82) is 0 Å². The van der Waals surface area contributed by atoms with Crippen LogP contribution in [0.3, 0.4) is 0 Å². The third-order valence-electron chi connectivity index (χ3n) is 2.60. The van der Waals surface area contributed by atoms with Crippen LogP contribution in [0.2, 0.25) is 0 Å². The van der Waals surface area contributed by atoms with Crippen LogP contribution in [0.1, 0.15) is 44.0 Å². The van der Waals surface area contributed by atoms with Crippen molar-refractivity contribution in [2.45, 2.75) is 39.2 Å². The van der Waals surface area contributed by atoms with Crippen LogP contribution in [-0.2, 0) is 4.74 Å². The molecule has 0 aliphatic rings. The van der Waals surface area contributed by atoms with E-state index in [1.165, 1.54) is 0 Å². The summed E-state index contributed by atoms with van der Waals surface area (Å²) in [6.07, 6.45) is 0.353. The van der Waals surface area contributed by atoms with Crippen molar-refractivity contribution in [1.82, 2.24) is 5.32 Å². The summed E-state index contributed by atoms with van der Waals surface area (Å²) < 4.78 is 5.09. The molecule has 118 valence electrons. The molecule has 1 N–H and O–H groups in total. The number of carbonyl (C=O) groups excluding carboxylic acids is 2. The van der Waals surface area contributed by atoms with E-state index in [9.17, 15) is 9.59 Å². The summed E-state index contributed by atoms with van der Waals surface area (Å²) >= 11 is 0. The number of benzene rings is 1.